The van der Waals surface area contributed by atoms with E-state index < -0.39 is 34.1 Å². The fourth-order valence-corrected chi connectivity index (χ4v) is 3.77. The van der Waals surface area contributed by atoms with Crippen LogP contribution in [0.25, 0.3) is 0 Å². The van der Waals surface area contributed by atoms with Crippen LogP contribution in [0.15, 0.2) is 6.20 Å². The Labute approximate surface area is 128 Å². The summed E-state index contributed by atoms with van der Waals surface area (Å²) in [5.41, 5.74) is -1.59. The van der Waals surface area contributed by atoms with Crippen LogP contribution in [0.1, 0.15) is 29.9 Å². The van der Waals surface area contributed by atoms with Gasteiger partial charge in [-0.3, -0.25) is 13.7 Å². The molecule has 22 heavy (non-hydrogen) atoms. The standard InChI is InChI=1S/C13H18F3N3O2S/c1-3-19-7-10(11(17-19)13(14,15)16)12(20)18-4-5-22(21)8-9(2)6-18/h7,9H,3-6,8H2,1-2H3/t9-,22+/m1/s1. The van der Waals surface area contributed by atoms with E-state index in [0.29, 0.717) is 18.1 Å². The Morgan fingerprint density at radius 3 is 2.77 bits per heavy atom. The third-order valence-corrected chi connectivity index (χ3v) is 5.04. The van der Waals surface area contributed by atoms with E-state index in [-0.39, 0.29) is 19.0 Å². The number of alkyl halides is 3. The molecule has 1 aromatic heterocycles. The second-order valence-electron chi connectivity index (χ2n) is 5.41. The highest BCUT2D eigenvalue weighted by atomic mass is 32.2. The number of carbonyl (C=O) groups excluding carboxylic acids is 1. The fraction of sp³-hybridized carbons (Fsp3) is 0.692. The second-order valence-corrected chi connectivity index (χ2v) is 7.03. The molecule has 0 bridgehead atoms. The van der Waals surface area contributed by atoms with Gasteiger partial charge in [0, 0.05) is 48.1 Å². The van der Waals surface area contributed by atoms with Gasteiger partial charge < -0.3 is 4.90 Å². The van der Waals surface area contributed by atoms with Gasteiger partial charge in [0.25, 0.3) is 5.91 Å². The monoisotopic (exact) mass is 337 g/mol. The number of halogens is 3. The first-order valence-electron chi connectivity index (χ1n) is 7.01. The summed E-state index contributed by atoms with van der Waals surface area (Å²) in [4.78, 5) is 13.8. The zero-order chi connectivity index (χ0) is 16.5. The Balaban J connectivity index is 2.32. The van der Waals surface area contributed by atoms with E-state index in [1.54, 1.807) is 6.92 Å². The van der Waals surface area contributed by atoms with Crippen LogP contribution in [0.4, 0.5) is 13.2 Å². The number of aryl methyl sites for hydroxylation is 1. The van der Waals surface area contributed by atoms with Crippen molar-refractivity contribution in [3.63, 3.8) is 0 Å². The van der Waals surface area contributed by atoms with E-state index in [9.17, 15) is 22.2 Å². The van der Waals surface area contributed by atoms with Gasteiger partial charge in [0.05, 0.1) is 5.56 Å². The van der Waals surface area contributed by atoms with Crippen LogP contribution in [0.3, 0.4) is 0 Å². The van der Waals surface area contributed by atoms with Crippen LogP contribution < -0.4 is 0 Å². The summed E-state index contributed by atoms with van der Waals surface area (Å²) in [6.07, 6.45) is -3.54. The van der Waals surface area contributed by atoms with Crippen molar-refractivity contribution in [3.05, 3.63) is 17.5 Å². The summed E-state index contributed by atoms with van der Waals surface area (Å²) in [6.45, 7) is 4.24. The molecule has 0 unspecified atom stereocenters. The molecule has 0 N–H and O–H groups in total. The molecule has 124 valence electrons. The molecule has 2 heterocycles. The zero-order valence-corrected chi connectivity index (χ0v) is 13.2. The third kappa shape index (κ3) is 3.68. The maximum Gasteiger partial charge on any atom is 0.435 e. The number of carbonyl (C=O) groups is 1. The van der Waals surface area contributed by atoms with Gasteiger partial charge in [-0.25, -0.2) is 0 Å². The second kappa shape index (κ2) is 6.39. The molecule has 2 atom stereocenters. The largest absolute Gasteiger partial charge is 0.435 e. The average Bonchev–Trinajstić information content (AvgIpc) is 2.79. The van der Waals surface area contributed by atoms with E-state index in [2.05, 4.69) is 5.10 Å². The van der Waals surface area contributed by atoms with Crippen molar-refractivity contribution in [2.45, 2.75) is 26.6 Å². The molecule has 1 saturated heterocycles. The molecule has 0 radical (unpaired) electrons. The predicted molar refractivity (Wildman–Crippen MR) is 75.8 cm³/mol. The van der Waals surface area contributed by atoms with Crippen LogP contribution in [0, 0.1) is 5.92 Å². The molecule has 2 rings (SSSR count). The van der Waals surface area contributed by atoms with Crippen molar-refractivity contribution in [2.24, 2.45) is 5.92 Å². The van der Waals surface area contributed by atoms with Gasteiger partial charge in [0.1, 0.15) is 0 Å². The van der Waals surface area contributed by atoms with Gasteiger partial charge >= 0.3 is 6.18 Å². The Morgan fingerprint density at radius 2 is 2.18 bits per heavy atom. The normalized spacial score (nSPS) is 23.4. The van der Waals surface area contributed by atoms with Crippen molar-refractivity contribution < 1.29 is 22.2 Å². The van der Waals surface area contributed by atoms with Crippen molar-refractivity contribution in [3.8, 4) is 0 Å². The number of amides is 1. The lowest BCUT2D eigenvalue weighted by molar-refractivity contribution is -0.141. The van der Waals surface area contributed by atoms with Crippen LogP contribution in [-0.4, -0.2) is 49.4 Å². The average molecular weight is 337 g/mol. The number of nitrogens with zero attached hydrogens (tertiary/aromatic N) is 3. The summed E-state index contributed by atoms with van der Waals surface area (Å²) in [5.74, 6) is 0.0457. The molecule has 0 aliphatic carbocycles. The van der Waals surface area contributed by atoms with Gasteiger partial charge in [-0.1, -0.05) is 6.92 Å². The minimum atomic E-state index is -4.67. The molecule has 1 aliphatic rings. The SMILES string of the molecule is CCn1cc(C(=O)N2CC[S@](=O)C[C@H](C)C2)c(C(F)(F)F)n1. The van der Waals surface area contributed by atoms with Crippen molar-refractivity contribution in [1.29, 1.82) is 0 Å². The summed E-state index contributed by atoms with van der Waals surface area (Å²) >= 11 is 0. The van der Waals surface area contributed by atoms with E-state index in [0.717, 1.165) is 10.9 Å². The first kappa shape index (κ1) is 17.0. The summed E-state index contributed by atoms with van der Waals surface area (Å²) in [5, 5.41) is 3.46. The maximum absolute atomic E-state index is 13.0. The van der Waals surface area contributed by atoms with Crippen LogP contribution >= 0.6 is 0 Å². The molecule has 0 spiro atoms. The molecular formula is C13H18F3N3O2S. The molecule has 1 aliphatic heterocycles. The molecule has 9 heteroatoms. The van der Waals surface area contributed by atoms with E-state index in [1.165, 1.54) is 4.90 Å². The lowest BCUT2D eigenvalue weighted by Gasteiger charge is -2.22. The number of hydrogen-bond acceptors (Lipinski definition) is 3. The highest BCUT2D eigenvalue weighted by molar-refractivity contribution is 7.85. The van der Waals surface area contributed by atoms with E-state index >= 15 is 0 Å². The lowest BCUT2D eigenvalue weighted by atomic mass is 10.1. The Hall–Kier alpha value is -1.38. The molecule has 5 nitrogen and oxygen atoms in total. The molecular weight excluding hydrogens is 319 g/mol. The van der Waals surface area contributed by atoms with Crippen molar-refractivity contribution in [1.82, 2.24) is 14.7 Å². The number of aromatic nitrogens is 2. The number of rotatable bonds is 2. The van der Waals surface area contributed by atoms with Crippen LogP contribution in [0.5, 0.6) is 0 Å². The Morgan fingerprint density at radius 1 is 1.50 bits per heavy atom. The van der Waals surface area contributed by atoms with Crippen molar-refractivity contribution >= 4 is 16.7 Å². The van der Waals surface area contributed by atoms with Crippen molar-refractivity contribution in [2.75, 3.05) is 24.6 Å². The summed E-state index contributed by atoms with van der Waals surface area (Å²) in [6, 6.07) is 0. The highest BCUT2D eigenvalue weighted by Crippen LogP contribution is 2.31. The minimum Gasteiger partial charge on any atom is -0.337 e. The lowest BCUT2D eigenvalue weighted by Crippen LogP contribution is -2.36. The first-order chi connectivity index (χ1) is 10.2. The van der Waals surface area contributed by atoms with Gasteiger partial charge in [0.15, 0.2) is 5.69 Å². The highest BCUT2D eigenvalue weighted by Gasteiger charge is 2.40. The molecule has 0 saturated carbocycles. The van der Waals surface area contributed by atoms with Gasteiger partial charge in [-0.05, 0) is 12.8 Å². The maximum atomic E-state index is 13.0. The summed E-state index contributed by atoms with van der Waals surface area (Å²) < 4.78 is 51.9. The fourth-order valence-electron chi connectivity index (χ4n) is 2.44. The van der Waals surface area contributed by atoms with E-state index in [1.807, 2.05) is 6.92 Å². The molecule has 1 amide bonds. The summed E-state index contributed by atoms with van der Waals surface area (Å²) in [7, 11) is -1.04. The predicted octanol–water partition coefficient (Wildman–Crippen LogP) is 1.76. The minimum absolute atomic E-state index is 0.0113. The molecule has 0 aromatic carbocycles. The Kier molecular flexibility index (Phi) is 4.93. The zero-order valence-electron chi connectivity index (χ0n) is 12.4. The third-order valence-electron chi connectivity index (χ3n) is 3.46. The van der Waals surface area contributed by atoms with Crippen LogP contribution in [0.2, 0.25) is 0 Å². The van der Waals surface area contributed by atoms with Crippen LogP contribution in [-0.2, 0) is 23.5 Å². The number of hydrogen-bond donors (Lipinski definition) is 0. The van der Waals surface area contributed by atoms with Gasteiger partial charge in [-0.15, -0.1) is 0 Å². The molecule has 1 aromatic rings. The topological polar surface area (TPSA) is 55.2 Å². The van der Waals surface area contributed by atoms with E-state index in [4.69, 9.17) is 0 Å². The Bertz CT molecular complexity index is 586. The first-order valence-corrected chi connectivity index (χ1v) is 8.50. The smallest absolute Gasteiger partial charge is 0.337 e. The quantitative estimate of drug-likeness (QED) is 0.826. The van der Waals surface area contributed by atoms with Gasteiger partial charge in [0.2, 0.25) is 0 Å². The van der Waals surface area contributed by atoms with Gasteiger partial charge in [-0.2, -0.15) is 18.3 Å². The molecule has 1 fully saturated rings.